The van der Waals surface area contributed by atoms with Gasteiger partial charge in [0.05, 0.1) is 6.04 Å². The molecule has 1 aliphatic heterocycles. The third kappa shape index (κ3) is 2.42. The average Bonchev–Trinajstić information content (AvgIpc) is 2.84. The summed E-state index contributed by atoms with van der Waals surface area (Å²) in [6.45, 7) is 3.25. The first-order valence-electron chi connectivity index (χ1n) is 6.79. The van der Waals surface area contributed by atoms with Crippen LogP contribution < -0.4 is 5.73 Å². The predicted octanol–water partition coefficient (Wildman–Crippen LogP) is 2.92. The van der Waals surface area contributed by atoms with Crippen LogP contribution in [0.4, 0.5) is 0 Å². The molecule has 1 aromatic heterocycles. The largest absolute Gasteiger partial charge is 0.459 e. The van der Waals surface area contributed by atoms with E-state index in [4.69, 9.17) is 10.2 Å². The van der Waals surface area contributed by atoms with Gasteiger partial charge < -0.3 is 15.1 Å². The van der Waals surface area contributed by atoms with Crippen LogP contribution in [0.2, 0.25) is 0 Å². The van der Waals surface area contributed by atoms with Crippen LogP contribution >= 0.6 is 0 Å². The molecule has 2 heterocycles. The Kier molecular flexibility index (Phi) is 3.35. The minimum absolute atomic E-state index is 0.0181. The van der Waals surface area contributed by atoms with E-state index in [1.54, 1.807) is 0 Å². The van der Waals surface area contributed by atoms with Gasteiger partial charge in [-0.2, -0.15) is 0 Å². The first-order chi connectivity index (χ1) is 8.83. The number of hydrogen-bond donors (Lipinski definition) is 1. The second-order valence-corrected chi connectivity index (χ2v) is 5.15. The SMILES string of the molecule is NC(CN1CCCCC1)c1cc2ccccc2o1. The van der Waals surface area contributed by atoms with E-state index in [0.717, 1.165) is 23.3 Å². The molecule has 1 aliphatic rings. The van der Waals surface area contributed by atoms with Crippen LogP contribution in [0.1, 0.15) is 31.1 Å². The highest BCUT2D eigenvalue weighted by Gasteiger charge is 2.17. The van der Waals surface area contributed by atoms with Gasteiger partial charge in [-0.25, -0.2) is 0 Å². The highest BCUT2D eigenvalue weighted by Crippen LogP contribution is 2.23. The van der Waals surface area contributed by atoms with Crippen LogP contribution in [-0.2, 0) is 0 Å². The number of nitrogens with zero attached hydrogens (tertiary/aromatic N) is 1. The summed E-state index contributed by atoms with van der Waals surface area (Å²) in [7, 11) is 0. The Bertz CT molecular complexity index is 481. The quantitative estimate of drug-likeness (QED) is 0.902. The number of hydrogen-bond acceptors (Lipinski definition) is 3. The maximum absolute atomic E-state index is 6.25. The van der Waals surface area contributed by atoms with E-state index in [1.165, 1.54) is 32.4 Å². The van der Waals surface area contributed by atoms with Crippen LogP contribution in [0, 0.1) is 0 Å². The first kappa shape index (κ1) is 11.8. The van der Waals surface area contributed by atoms with Crippen LogP contribution in [-0.4, -0.2) is 24.5 Å². The fourth-order valence-electron chi connectivity index (χ4n) is 2.70. The number of furan rings is 1. The van der Waals surface area contributed by atoms with E-state index in [2.05, 4.69) is 17.0 Å². The van der Waals surface area contributed by atoms with Crippen molar-refractivity contribution in [1.82, 2.24) is 4.90 Å². The van der Waals surface area contributed by atoms with Gasteiger partial charge in [-0.1, -0.05) is 24.6 Å². The number of nitrogens with two attached hydrogens (primary N) is 1. The van der Waals surface area contributed by atoms with Crippen molar-refractivity contribution in [1.29, 1.82) is 0 Å². The number of benzene rings is 1. The summed E-state index contributed by atoms with van der Waals surface area (Å²) in [6.07, 6.45) is 3.95. The van der Waals surface area contributed by atoms with Crippen molar-refractivity contribution >= 4 is 11.0 Å². The lowest BCUT2D eigenvalue weighted by atomic mass is 10.1. The van der Waals surface area contributed by atoms with Gasteiger partial charge in [0.25, 0.3) is 0 Å². The van der Waals surface area contributed by atoms with Crippen molar-refractivity contribution in [2.45, 2.75) is 25.3 Å². The topological polar surface area (TPSA) is 42.4 Å². The van der Waals surface area contributed by atoms with E-state index >= 15 is 0 Å². The minimum Gasteiger partial charge on any atom is -0.459 e. The van der Waals surface area contributed by atoms with Gasteiger partial charge in [-0.05, 0) is 38.1 Å². The highest BCUT2D eigenvalue weighted by molar-refractivity contribution is 5.77. The molecule has 1 fully saturated rings. The summed E-state index contributed by atoms with van der Waals surface area (Å²) in [6, 6.07) is 10.1. The lowest BCUT2D eigenvalue weighted by Crippen LogP contribution is -2.35. The standard InChI is InChI=1S/C15H20N2O/c16-13(11-17-8-4-1-5-9-17)15-10-12-6-2-3-7-14(12)18-15/h2-3,6-7,10,13H,1,4-5,8-9,11,16H2. The molecule has 0 radical (unpaired) electrons. The summed E-state index contributed by atoms with van der Waals surface area (Å²) in [5.41, 5.74) is 7.19. The fraction of sp³-hybridized carbons (Fsp3) is 0.467. The van der Waals surface area contributed by atoms with Crippen LogP contribution in [0.25, 0.3) is 11.0 Å². The Morgan fingerprint density at radius 2 is 1.94 bits per heavy atom. The smallest absolute Gasteiger partial charge is 0.134 e. The van der Waals surface area contributed by atoms with Crippen molar-refractivity contribution in [3.05, 3.63) is 36.1 Å². The Hall–Kier alpha value is -1.32. The molecule has 0 aliphatic carbocycles. The molecule has 1 atom stereocenters. The van der Waals surface area contributed by atoms with Gasteiger partial charge in [0, 0.05) is 11.9 Å². The zero-order chi connectivity index (χ0) is 12.4. The molecule has 1 unspecified atom stereocenters. The molecule has 18 heavy (non-hydrogen) atoms. The fourth-order valence-corrected chi connectivity index (χ4v) is 2.70. The summed E-state index contributed by atoms with van der Waals surface area (Å²) >= 11 is 0. The molecular weight excluding hydrogens is 224 g/mol. The van der Waals surface area contributed by atoms with E-state index in [0.29, 0.717) is 0 Å². The van der Waals surface area contributed by atoms with E-state index in [9.17, 15) is 0 Å². The van der Waals surface area contributed by atoms with Crippen molar-refractivity contribution in [3.63, 3.8) is 0 Å². The lowest BCUT2D eigenvalue weighted by Gasteiger charge is -2.28. The maximum atomic E-state index is 6.25. The number of fused-ring (bicyclic) bond motifs is 1. The van der Waals surface area contributed by atoms with E-state index in [-0.39, 0.29) is 6.04 Å². The molecule has 1 aromatic carbocycles. The molecule has 3 nitrogen and oxygen atoms in total. The van der Waals surface area contributed by atoms with Gasteiger partial charge in [-0.15, -0.1) is 0 Å². The average molecular weight is 244 g/mol. The highest BCUT2D eigenvalue weighted by atomic mass is 16.3. The van der Waals surface area contributed by atoms with E-state index in [1.807, 2.05) is 18.2 Å². The van der Waals surface area contributed by atoms with Crippen molar-refractivity contribution in [3.8, 4) is 0 Å². The third-order valence-electron chi connectivity index (χ3n) is 3.71. The zero-order valence-electron chi connectivity index (χ0n) is 10.6. The first-order valence-corrected chi connectivity index (χ1v) is 6.79. The molecule has 3 heteroatoms. The molecule has 1 saturated heterocycles. The van der Waals surface area contributed by atoms with Crippen LogP contribution in [0.15, 0.2) is 34.7 Å². The van der Waals surface area contributed by atoms with Crippen LogP contribution in [0.3, 0.4) is 0 Å². The van der Waals surface area contributed by atoms with Crippen LogP contribution in [0.5, 0.6) is 0 Å². The van der Waals surface area contributed by atoms with Gasteiger partial charge >= 0.3 is 0 Å². The number of para-hydroxylation sites is 1. The Balaban J connectivity index is 1.72. The van der Waals surface area contributed by atoms with Gasteiger partial charge in [0.15, 0.2) is 0 Å². The monoisotopic (exact) mass is 244 g/mol. The second-order valence-electron chi connectivity index (χ2n) is 5.15. The van der Waals surface area contributed by atoms with Crippen molar-refractivity contribution in [2.24, 2.45) is 5.73 Å². The van der Waals surface area contributed by atoms with Gasteiger partial charge in [-0.3, -0.25) is 0 Å². The third-order valence-corrected chi connectivity index (χ3v) is 3.71. The molecule has 2 aromatic rings. The summed E-state index contributed by atoms with van der Waals surface area (Å²) < 4.78 is 5.82. The number of rotatable bonds is 3. The van der Waals surface area contributed by atoms with Crippen molar-refractivity contribution in [2.75, 3.05) is 19.6 Å². The molecule has 3 rings (SSSR count). The second kappa shape index (κ2) is 5.12. The van der Waals surface area contributed by atoms with Gasteiger partial charge in [0.2, 0.25) is 0 Å². The van der Waals surface area contributed by atoms with E-state index < -0.39 is 0 Å². The molecule has 0 saturated carbocycles. The van der Waals surface area contributed by atoms with Crippen molar-refractivity contribution < 1.29 is 4.42 Å². The summed E-state index contributed by atoms with van der Waals surface area (Å²) in [4.78, 5) is 2.45. The Labute approximate surface area is 108 Å². The van der Waals surface area contributed by atoms with Gasteiger partial charge in [0.1, 0.15) is 11.3 Å². The Morgan fingerprint density at radius 3 is 2.72 bits per heavy atom. The molecule has 2 N–H and O–H groups in total. The summed E-state index contributed by atoms with van der Waals surface area (Å²) in [5.74, 6) is 0.904. The maximum Gasteiger partial charge on any atom is 0.134 e. The lowest BCUT2D eigenvalue weighted by molar-refractivity contribution is 0.210. The normalized spacial score (nSPS) is 19.2. The minimum atomic E-state index is -0.0181. The Morgan fingerprint density at radius 1 is 1.17 bits per heavy atom. The molecular formula is C15H20N2O. The zero-order valence-corrected chi connectivity index (χ0v) is 10.6. The molecule has 0 bridgehead atoms. The summed E-state index contributed by atoms with van der Waals surface area (Å²) in [5, 5.41) is 1.14. The number of piperidine rings is 1. The predicted molar refractivity (Wildman–Crippen MR) is 73.4 cm³/mol. The number of likely N-dealkylation sites (tertiary alicyclic amines) is 1. The molecule has 0 spiro atoms. The molecule has 96 valence electrons. The molecule has 0 amide bonds.